The van der Waals surface area contributed by atoms with Crippen LogP contribution in [0.2, 0.25) is 0 Å². The van der Waals surface area contributed by atoms with Crippen molar-refractivity contribution in [3.8, 4) is 11.5 Å². The summed E-state index contributed by atoms with van der Waals surface area (Å²) >= 11 is 0. The molecule has 0 aromatic heterocycles. The predicted octanol–water partition coefficient (Wildman–Crippen LogP) is 4.82. The molecular formula is C22H20O4. The van der Waals surface area contributed by atoms with Crippen LogP contribution in [0.25, 0.3) is 12.2 Å². The molecule has 4 heteroatoms. The Balaban J connectivity index is 1.98. The lowest BCUT2D eigenvalue weighted by atomic mass is 10.1. The number of hydrogen-bond acceptors (Lipinski definition) is 4. The molecule has 2 rings (SSSR count). The second-order valence-electron chi connectivity index (χ2n) is 5.81. The van der Waals surface area contributed by atoms with Gasteiger partial charge in [-0.05, 0) is 49.2 Å². The van der Waals surface area contributed by atoms with Gasteiger partial charge in [-0.1, -0.05) is 49.6 Å². The minimum Gasteiger partial charge on any atom is -0.423 e. The monoisotopic (exact) mass is 348 g/mol. The van der Waals surface area contributed by atoms with Gasteiger partial charge in [-0.15, -0.1) is 0 Å². The Bertz CT molecular complexity index is 783. The molecule has 0 saturated carbocycles. The predicted molar refractivity (Wildman–Crippen MR) is 103 cm³/mol. The number of benzene rings is 2. The van der Waals surface area contributed by atoms with Crippen LogP contribution in [0.4, 0.5) is 0 Å². The number of ether oxygens (including phenoxy) is 2. The van der Waals surface area contributed by atoms with Gasteiger partial charge in [0, 0.05) is 11.1 Å². The lowest BCUT2D eigenvalue weighted by Gasteiger charge is -2.04. The second kappa shape index (κ2) is 8.62. The maximum atomic E-state index is 11.5. The normalized spacial score (nSPS) is 10.4. The van der Waals surface area contributed by atoms with Crippen molar-refractivity contribution < 1.29 is 19.1 Å². The second-order valence-corrected chi connectivity index (χ2v) is 5.81. The first kappa shape index (κ1) is 18.9. The Morgan fingerprint density at radius 2 is 1.00 bits per heavy atom. The molecule has 0 N–H and O–H groups in total. The van der Waals surface area contributed by atoms with Crippen LogP contribution in [0.3, 0.4) is 0 Å². The van der Waals surface area contributed by atoms with Gasteiger partial charge >= 0.3 is 11.9 Å². The van der Waals surface area contributed by atoms with E-state index in [4.69, 9.17) is 9.47 Å². The summed E-state index contributed by atoms with van der Waals surface area (Å²) in [6.07, 6.45) is 3.86. The smallest absolute Gasteiger partial charge is 0.338 e. The van der Waals surface area contributed by atoms with Gasteiger partial charge < -0.3 is 9.47 Å². The van der Waals surface area contributed by atoms with Gasteiger partial charge in [0.1, 0.15) is 11.5 Å². The van der Waals surface area contributed by atoms with Crippen molar-refractivity contribution in [1.29, 1.82) is 0 Å². The van der Waals surface area contributed by atoms with E-state index in [0.29, 0.717) is 22.6 Å². The average molecular weight is 348 g/mol. The van der Waals surface area contributed by atoms with E-state index in [-0.39, 0.29) is 0 Å². The molecule has 2 aromatic rings. The van der Waals surface area contributed by atoms with Crippen LogP contribution in [0.5, 0.6) is 11.5 Å². The molecule has 0 heterocycles. The molecule has 0 aliphatic carbocycles. The number of rotatable bonds is 6. The van der Waals surface area contributed by atoms with Crippen molar-refractivity contribution in [2.75, 3.05) is 0 Å². The largest absolute Gasteiger partial charge is 0.423 e. The van der Waals surface area contributed by atoms with E-state index in [9.17, 15) is 9.59 Å². The fourth-order valence-electron chi connectivity index (χ4n) is 1.87. The zero-order chi connectivity index (χ0) is 19.1. The summed E-state index contributed by atoms with van der Waals surface area (Å²) in [5.41, 5.74) is 2.62. The summed E-state index contributed by atoms with van der Waals surface area (Å²) in [4.78, 5) is 22.9. The third-order valence-corrected chi connectivity index (χ3v) is 3.35. The van der Waals surface area contributed by atoms with E-state index in [1.54, 1.807) is 38.1 Å². The van der Waals surface area contributed by atoms with E-state index in [2.05, 4.69) is 13.2 Å². The third kappa shape index (κ3) is 5.60. The molecule has 0 fully saturated rings. The lowest BCUT2D eigenvalue weighted by molar-refractivity contribution is -0.130. The molecule has 0 radical (unpaired) electrons. The standard InChI is InChI=1S/C22H20O4/c1-15(2)21(23)25-19-11-7-17(8-12-19)5-6-18-9-13-20(14-10-18)26-22(24)16(3)4/h5-14H,1,3H2,2,4H3. The van der Waals surface area contributed by atoms with Crippen molar-refractivity contribution in [1.82, 2.24) is 0 Å². The van der Waals surface area contributed by atoms with Crippen LogP contribution >= 0.6 is 0 Å². The van der Waals surface area contributed by atoms with Gasteiger partial charge in [0.2, 0.25) is 0 Å². The fourth-order valence-corrected chi connectivity index (χ4v) is 1.87. The van der Waals surface area contributed by atoms with Gasteiger partial charge in [-0.2, -0.15) is 0 Å². The Hall–Kier alpha value is -3.40. The highest BCUT2D eigenvalue weighted by atomic mass is 16.5. The average Bonchev–Trinajstić information content (AvgIpc) is 2.62. The van der Waals surface area contributed by atoms with Gasteiger partial charge in [0.25, 0.3) is 0 Å². The number of carbonyl (C=O) groups excluding carboxylic acids is 2. The number of esters is 2. The molecular weight excluding hydrogens is 328 g/mol. The van der Waals surface area contributed by atoms with Gasteiger partial charge in [0.05, 0.1) is 0 Å². The highest BCUT2D eigenvalue weighted by Crippen LogP contribution is 2.18. The molecule has 4 nitrogen and oxygen atoms in total. The lowest BCUT2D eigenvalue weighted by Crippen LogP contribution is -2.07. The van der Waals surface area contributed by atoms with Gasteiger partial charge in [-0.3, -0.25) is 0 Å². The first-order chi connectivity index (χ1) is 12.3. The van der Waals surface area contributed by atoms with Crippen LogP contribution in [-0.2, 0) is 9.59 Å². The summed E-state index contributed by atoms with van der Waals surface area (Å²) in [6.45, 7) is 10.3. The zero-order valence-electron chi connectivity index (χ0n) is 14.8. The molecule has 0 saturated heterocycles. The summed E-state index contributed by atoms with van der Waals surface area (Å²) in [7, 11) is 0. The topological polar surface area (TPSA) is 52.6 Å². The summed E-state index contributed by atoms with van der Waals surface area (Å²) < 4.78 is 10.3. The molecule has 0 spiro atoms. The van der Waals surface area contributed by atoms with Crippen molar-refractivity contribution in [2.45, 2.75) is 13.8 Å². The summed E-state index contributed by atoms with van der Waals surface area (Å²) in [5, 5.41) is 0. The Labute approximate surface area is 153 Å². The molecule has 0 aliphatic heterocycles. The third-order valence-electron chi connectivity index (χ3n) is 3.35. The molecule has 0 atom stereocenters. The van der Waals surface area contributed by atoms with Crippen molar-refractivity contribution >= 4 is 24.1 Å². The molecule has 2 aromatic carbocycles. The van der Waals surface area contributed by atoms with Gasteiger partial charge in [0.15, 0.2) is 0 Å². The number of carbonyl (C=O) groups is 2. The molecule has 0 amide bonds. The Kier molecular flexibility index (Phi) is 6.28. The molecule has 26 heavy (non-hydrogen) atoms. The summed E-state index contributed by atoms with van der Waals surface area (Å²) in [6, 6.07) is 14.3. The van der Waals surface area contributed by atoms with E-state index < -0.39 is 11.9 Å². The zero-order valence-corrected chi connectivity index (χ0v) is 14.8. The van der Waals surface area contributed by atoms with Crippen molar-refractivity contribution in [3.05, 3.63) is 84.0 Å². The molecule has 132 valence electrons. The van der Waals surface area contributed by atoms with Crippen LogP contribution < -0.4 is 9.47 Å². The highest BCUT2D eigenvalue weighted by Gasteiger charge is 2.05. The maximum Gasteiger partial charge on any atom is 0.338 e. The van der Waals surface area contributed by atoms with Crippen LogP contribution in [0, 0.1) is 0 Å². The van der Waals surface area contributed by atoms with Crippen LogP contribution in [0.1, 0.15) is 25.0 Å². The number of hydrogen-bond donors (Lipinski definition) is 0. The first-order valence-corrected chi connectivity index (χ1v) is 7.99. The SMILES string of the molecule is C=C(C)C(=O)Oc1ccc(C=Cc2ccc(OC(=O)C(=C)C)cc2)cc1. The summed E-state index contributed by atoms with van der Waals surface area (Å²) in [5.74, 6) is 0.0547. The fraction of sp³-hybridized carbons (Fsp3) is 0.0909. The van der Waals surface area contributed by atoms with Gasteiger partial charge in [-0.25, -0.2) is 9.59 Å². The minimum absolute atomic E-state index is 0.353. The minimum atomic E-state index is -0.444. The van der Waals surface area contributed by atoms with E-state index >= 15 is 0 Å². The maximum absolute atomic E-state index is 11.5. The first-order valence-electron chi connectivity index (χ1n) is 7.99. The van der Waals surface area contributed by atoms with E-state index in [1.165, 1.54) is 0 Å². The Morgan fingerprint density at radius 1 is 0.692 bits per heavy atom. The van der Waals surface area contributed by atoms with Crippen molar-refractivity contribution in [3.63, 3.8) is 0 Å². The van der Waals surface area contributed by atoms with E-state index in [1.807, 2.05) is 36.4 Å². The van der Waals surface area contributed by atoms with Crippen LogP contribution in [0.15, 0.2) is 72.8 Å². The van der Waals surface area contributed by atoms with E-state index in [0.717, 1.165) is 11.1 Å². The van der Waals surface area contributed by atoms with Crippen molar-refractivity contribution in [2.24, 2.45) is 0 Å². The Morgan fingerprint density at radius 3 is 1.27 bits per heavy atom. The highest BCUT2D eigenvalue weighted by molar-refractivity contribution is 5.89. The quantitative estimate of drug-likeness (QED) is 0.325. The molecule has 0 bridgehead atoms. The molecule has 0 aliphatic rings. The molecule has 0 unspecified atom stereocenters. The van der Waals surface area contributed by atoms with Crippen LogP contribution in [-0.4, -0.2) is 11.9 Å².